The van der Waals surface area contributed by atoms with E-state index in [0.29, 0.717) is 0 Å². The summed E-state index contributed by atoms with van der Waals surface area (Å²) in [5, 5.41) is 0. The summed E-state index contributed by atoms with van der Waals surface area (Å²) in [7, 11) is 2.75. The van der Waals surface area contributed by atoms with Crippen LogP contribution in [0.3, 0.4) is 0 Å². The van der Waals surface area contributed by atoms with Gasteiger partial charge in [0, 0.05) is 0 Å². The van der Waals surface area contributed by atoms with Crippen LogP contribution in [-0.4, -0.2) is 7.28 Å². The molecule has 1 heteroatoms. The first-order valence-corrected chi connectivity index (χ1v) is 7.27. The Morgan fingerprint density at radius 3 is 2.13 bits per heavy atom. The third-order valence-corrected chi connectivity index (χ3v) is 5.03. The average molecular weight is 203 g/mol. The molecule has 0 amide bonds. The average Bonchev–Trinajstić information content (AvgIpc) is 2.81. The van der Waals surface area contributed by atoms with Crippen LogP contribution in [0.1, 0.15) is 64.2 Å². The third-order valence-electron chi connectivity index (χ3n) is 5.03. The summed E-state index contributed by atoms with van der Waals surface area (Å²) in [5.41, 5.74) is 0. The summed E-state index contributed by atoms with van der Waals surface area (Å²) in [5.74, 6) is 4.29. The molecule has 1 radical (unpaired) electrons. The van der Waals surface area contributed by atoms with Gasteiger partial charge in [-0.2, -0.15) is 0 Å². The molecule has 3 aliphatic rings. The van der Waals surface area contributed by atoms with E-state index < -0.39 is 0 Å². The number of hydrogen-bond donors (Lipinski definition) is 0. The first kappa shape index (κ1) is 10.2. The molecule has 0 nitrogen and oxygen atoms in total. The van der Waals surface area contributed by atoms with Crippen molar-refractivity contribution in [3.05, 3.63) is 0 Å². The Hall–Kier alpha value is 0.0649. The highest BCUT2D eigenvalue weighted by atomic mass is 14.3. The normalized spacial score (nSPS) is 29.3. The second-order valence-electron chi connectivity index (χ2n) is 6.26. The van der Waals surface area contributed by atoms with Crippen LogP contribution in [0.25, 0.3) is 0 Å². The zero-order valence-corrected chi connectivity index (χ0v) is 9.96. The maximum Gasteiger partial charge on any atom is 0.118 e. The van der Waals surface area contributed by atoms with Crippen molar-refractivity contribution in [3.8, 4) is 0 Å². The zero-order valence-electron chi connectivity index (χ0n) is 9.96. The van der Waals surface area contributed by atoms with Crippen LogP contribution in [0.15, 0.2) is 0 Å². The monoisotopic (exact) mass is 203 g/mol. The van der Waals surface area contributed by atoms with Crippen LogP contribution in [0, 0.1) is 11.8 Å². The van der Waals surface area contributed by atoms with Gasteiger partial charge in [-0.3, -0.25) is 0 Å². The molecule has 0 aromatic carbocycles. The minimum Gasteiger partial charge on any atom is -0.0686 e. The maximum atomic E-state index is 2.75. The Kier molecular flexibility index (Phi) is 3.08. The highest BCUT2D eigenvalue weighted by molar-refractivity contribution is 6.41. The minimum atomic E-state index is 1.02. The van der Waals surface area contributed by atoms with Gasteiger partial charge < -0.3 is 0 Å². The van der Waals surface area contributed by atoms with Gasteiger partial charge in [0.25, 0.3) is 0 Å². The van der Waals surface area contributed by atoms with Gasteiger partial charge in [-0.15, -0.1) is 0 Å². The van der Waals surface area contributed by atoms with Gasteiger partial charge in [0.15, 0.2) is 0 Å². The summed E-state index contributed by atoms with van der Waals surface area (Å²) >= 11 is 0. The smallest absolute Gasteiger partial charge is 0.0686 e. The van der Waals surface area contributed by atoms with E-state index in [9.17, 15) is 0 Å². The predicted octanol–water partition coefficient (Wildman–Crippen LogP) is 4.44. The van der Waals surface area contributed by atoms with Crippen molar-refractivity contribution in [2.45, 2.75) is 75.8 Å². The molecule has 0 spiro atoms. The van der Waals surface area contributed by atoms with Crippen molar-refractivity contribution in [3.63, 3.8) is 0 Å². The Balaban J connectivity index is 1.42. The lowest BCUT2D eigenvalue weighted by Crippen LogP contribution is -2.23. The second kappa shape index (κ2) is 4.51. The van der Waals surface area contributed by atoms with Gasteiger partial charge in [-0.25, -0.2) is 0 Å². The van der Waals surface area contributed by atoms with E-state index in [1.807, 2.05) is 0 Å². The molecule has 0 aromatic rings. The lowest BCUT2D eigenvalue weighted by atomic mass is 9.50. The molecule has 0 aromatic heterocycles. The second-order valence-corrected chi connectivity index (χ2v) is 6.26. The van der Waals surface area contributed by atoms with Crippen LogP contribution in [0.4, 0.5) is 0 Å². The molecule has 0 N–H and O–H groups in total. The maximum absolute atomic E-state index is 2.75. The Morgan fingerprint density at radius 2 is 1.67 bits per heavy atom. The Bertz CT molecular complexity index is 201. The molecule has 3 saturated carbocycles. The molecule has 1 atom stereocenters. The summed E-state index contributed by atoms with van der Waals surface area (Å²) in [4.78, 5) is 0. The van der Waals surface area contributed by atoms with Gasteiger partial charge in [-0.1, -0.05) is 75.8 Å². The Labute approximate surface area is 95.5 Å². The third kappa shape index (κ3) is 2.60. The van der Waals surface area contributed by atoms with Crippen LogP contribution >= 0.6 is 0 Å². The Morgan fingerprint density at radius 1 is 0.933 bits per heavy atom. The van der Waals surface area contributed by atoms with E-state index in [1.165, 1.54) is 32.1 Å². The van der Waals surface area contributed by atoms with Crippen molar-refractivity contribution in [2.75, 3.05) is 0 Å². The van der Waals surface area contributed by atoms with E-state index in [2.05, 4.69) is 7.28 Å². The van der Waals surface area contributed by atoms with Gasteiger partial charge in [-0.05, 0) is 11.8 Å². The van der Waals surface area contributed by atoms with Crippen molar-refractivity contribution in [1.29, 1.82) is 0 Å². The molecule has 83 valence electrons. The molecular formula is C14H24B. The summed E-state index contributed by atoms with van der Waals surface area (Å²) in [6.07, 6.45) is 15.3. The van der Waals surface area contributed by atoms with Gasteiger partial charge in [0.1, 0.15) is 7.28 Å². The molecule has 15 heavy (non-hydrogen) atoms. The van der Waals surface area contributed by atoms with E-state index in [-0.39, 0.29) is 0 Å². The molecule has 1 unspecified atom stereocenters. The van der Waals surface area contributed by atoms with Gasteiger partial charge in [0.05, 0.1) is 0 Å². The quantitative estimate of drug-likeness (QED) is 0.559. The fraction of sp³-hybridized carbons (Fsp3) is 1.00. The minimum absolute atomic E-state index is 1.02. The predicted molar refractivity (Wildman–Crippen MR) is 66.4 cm³/mol. The van der Waals surface area contributed by atoms with Crippen LogP contribution in [-0.2, 0) is 0 Å². The lowest BCUT2D eigenvalue weighted by Gasteiger charge is -2.36. The standard InChI is InChI=1S/C14H24B/c1-3-11(4-1)7-10-14(12-5-2-6-12)15-13-8-9-13/h11-14H,1-10H2. The van der Waals surface area contributed by atoms with Crippen molar-refractivity contribution in [1.82, 2.24) is 0 Å². The van der Waals surface area contributed by atoms with Crippen LogP contribution in [0.5, 0.6) is 0 Å². The van der Waals surface area contributed by atoms with Gasteiger partial charge >= 0.3 is 0 Å². The number of hydrogen-bond acceptors (Lipinski definition) is 0. The summed E-state index contributed by atoms with van der Waals surface area (Å²) < 4.78 is 0. The van der Waals surface area contributed by atoms with Crippen LogP contribution < -0.4 is 0 Å². The molecule has 0 heterocycles. The van der Waals surface area contributed by atoms with E-state index >= 15 is 0 Å². The largest absolute Gasteiger partial charge is 0.118 e. The lowest BCUT2D eigenvalue weighted by molar-refractivity contribution is 0.246. The van der Waals surface area contributed by atoms with E-state index in [1.54, 1.807) is 32.1 Å². The highest BCUT2D eigenvalue weighted by Gasteiger charge is 2.34. The SMILES string of the molecule is [B](C1CC1)C(CCC1CCC1)C1CCC1. The molecule has 3 rings (SSSR count). The summed E-state index contributed by atoms with van der Waals surface area (Å²) in [6, 6.07) is 0. The molecule has 0 aliphatic heterocycles. The topological polar surface area (TPSA) is 0 Å². The highest BCUT2D eigenvalue weighted by Crippen LogP contribution is 2.47. The fourth-order valence-corrected chi connectivity index (χ4v) is 3.20. The fourth-order valence-electron chi connectivity index (χ4n) is 3.20. The summed E-state index contributed by atoms with van der Waals surface area (Å²) in [6.45, 7) is 0. The zero-order chi connectivity index (χ0) is 10.1. The van der Waals surface area contributed by atoms with E-state index in [0.717, 1.165) is 23.5 Å². The molecule has 3 fully saturated rings. The first-order valence-electron chi connectivity index (χ1n) is 7.27. The first-order chi connectivity index (χ1) is 7.42. The molecule has 0 bridgehead atoms. The number of rotatable bonds is 6. The van der Waals surface area contributed by atoms with Crippen molar-refractivity contribution < 1.29 is 0 Å². The molecule has 3 aliphatic carbocycles. The van der Waals surface area contributed by atoms with Crippen molar-refractivity contribution in [2.24, 2.45) is 11.8 Å². The van der Waals surface area contributed by atoms with E-state index in [4.69, 9.17) is 0 Å². The molecule has 0 saturated heterocycles. The van der Waals surface area contributed by atoms with Gasteiger partial charge in [0.2, 0.25) is 0 Å². The molecular weight excluding hydrogens is 179 g/mol. The van der Waals surface area contributed by atoms with Crippen molar-refractivity contribution >= 4 is 7.28 Å². The van der Waals surface area contributed by atoms with Crippen LogP contribution in [0.2, 0.25) is 11.6 Å².